The van der Waals surface area contributed by atoms with Gasteiger partial charge in [0, 0.05) is 11.1 Å². The number of rotatable bonds is 5. The van der Waals surface area contributed by atoms with E-state index in [9.17, 15) is 17.6 Å². The predicted octanol–water partition coefficient (Wildman–Crippen LogP) is 7.59. The van der Waals surface area contributed by atoms with Crippen LogP contribution in [0.25, 0.3) is 11.1 Å². The van der Waals surface area contributed by atoms with Crippen LogP contribution < -0.4 is 0 Å². The zero-order valence-electron chi connectivity index (χ0n) is 17.1. The van der Waals surface area contributed by atoms with Crippen LogP contribution in [0.15, 0.2) is 71.8 Å². The number of aryl methyl sites for hydroxylation is 1. The Bertz CT molecular complexity index is 998. The fourth-order valence-electron chi connectivity index (χ4n) is 3.43. The van der Waals surface area contributed by atoms with Crippen LogP contribution in [0.1, 0.15) is 44.2 Å². The van der Waals surface area contributed by atoms with Gasteiger partial charge >= 0.3 is 11.8 Å². The highest BCUT2D eigenvalue weighted by molar-refractivity contribution is 5.65. The molecule has 0 aliphatic heterocycles. The molecule has 0 aromatic heterocycles. The van der Waals surface area contributed by atoms with Crippen LogP contribution in [-0.2, 0) is 6.42 Å². The Morgan fingerprint density at radius 1 is 0.667 bits per heavy atom. The van der Waals surface area contributed by atoms with E-state index in [1.807, 2.05) is 24.3 Å². The van der Waals surface area contributed by atoms with Crippen molar-refractivity contribution in [2.45, 2.75) is 51.4 Å². The third kappa shape index (κ3) is 4.36. The summed E-state index contributed by atoms with van der Waals surface area (Å²) in [6.45, 7) is 3.81. The SMILES string of the molecule is CCCC1=CC=C(C#Cc2ccc(-c3ccc(CCC)cc3)cc2)C(F)(F)C1(F)F. The fraction of sp³-hybridized carbons (Fsp3) is 0.308. The Hall–Kier alpha value is -2.80. The molecule has 0 N–H and O–H groups in total. The third-order valence-corrected chi connectivity index (χ3v) is 5.16. The molecule has 0 unspecified atom stereocenters. The van der Waals surface area contributed by atoms with Crippen molar-refractivity contribution in [2.24, 2.45) is 0 Å². The highest BCUT2D eigenvalue weighted by Crippen LogP contribution is 2.48. The molecule has 2 aromatic carbocycles. The highest BCUT2D eigenvalue weighted by Gasteiger charge is 2.61. The van der Waals surface area contributed by atoms with Gasteiger partial charge in [0.25, 0.3) is 0 Å². The van der Waals surface area contributed by atoms with E-state index in [1.165, 1.54) is 5.56 Å². The van der Waals surface area contributed by atoms with Crippen molar-refractivity contribution < 1.29 is 17.6 Å². The molecular formula is C26H24F4. The molecule has 0 atom stereocenters. The maximum atomic E-state index is 14.3. The molecular weight excluding hydrogens is 388 g/mol. The second-order valence-electron chi connectivity index (χ2n) is 7.45. The van der Waals surface area contributed by atoms with Gasteiger partial charge in [-0.15, -0.1) is 0 Å². The van der Waals surface area contributed by atoms with Gasteiger partial charge in [0.1, 0.15) is 0 Å². The van der Waals surface area contributed by atoms with Crippen molar-refractivity contribution >= 4 is 0 Å². The maximum Gasteiger partial charge on any atom is 0.346 e. The Morgan fingerprint density at radius 3 is 1.80 bits per heavy atom. The van der Waals surface area contributed by atoms with Crippen molar-refractivity contribution in [3.8, 4) is 23.0 Å². The average molecular weight is 412 g/mol. The Labute approximate surface area is 175 Å². The second-order valence-corrected chi connectivity index (χ2v) is 7.45. The smallest absolute Gasteiger partial charge is 0.194 e. The first-order chi connectivity index (χ1) is 14.3. The van der Waals surface area contributed by atoms with E-state index in [0.717, 1.165) is 36.1 Å². The number of hydrogen-bond donors (Lipinski definition) is 0. The van der Waals surface area contributed by atoms with Gasteiger partial charge in [0.2, 0.25) is 0 Å². The zero-order chi connectivity index (χ0) is 21.8. The number of allylic oxidation sites excluding steroid dienone is 4. The topological polar surface area (TPSA) is 0 Å². The van der Waals surface area contributed by atoms with Crippen LogP contribution in [0.4, 0.5) is 17.6 Å². The van der Waals surface area contributed by atoms with Crippen LogP contribution >= 0.6 is 0 Å². The lowest BCUT2D eigenvalue weighted by atomic mass is 9.88. The third-order valence-electron chi connectivity index (χ3n) is 5.16. The Balaban J connectivity index is 1.81. The molecule has 4 heteroatoms. The lowest BCUT2D eigenvalue weighted by Crippen LogP contribution is -2.45. The molecule has 1 aliphatic rings. The summed E-state index contributed by atoms with van der Waals surface area (Å²) in [5.74, 6) is -3.66. The fourth-order valence-corrected chi connectivity index (χ4v) is 3.43. The summed E-state index contributed by atoms with van der Waals surface area (Å²) in [6.07, 6.45) is 4.52. The van der Waals surface area contributed by atoms with Gasteiger partial charge in [-0.05, 0) is 47.7 Å². The van der Waals surface area contributed by atoms with Gasteiger partial charge in [0.15, 0.2) is 0 Å². The maximum absolute atomic E-state index is 14.3. The minimum atomic E-state index is -4.31. The molecule has 0 spiro atoms. The Morgan fingerprint density at radius 2 is 1.23 bits per heavy atom. The lowest BCUT2D eigenvalue weighted by molar-refractivity contribution is -0.161. The van der Waals surface area contributed by atoms with E-state index < -0.39 is 23.0 Å². The van der Waals surface area contributed by atoms with Crippen molar-refractivity contribution in [3.63, 3.8) is 0 Å². The summed E-state index contributed by atoms with van der Waals surface area (Å²) in [5, 5.41) is 0. The van der Waals surface area contributed by atoms with Crippen molar-refractivity contribution in [2.75, 3.05) is 0 Å². The summed E-state index contributed by atoms with van der Waals surface area (Å²) >= 11 is 0. The number of alkyl halides is 4. The molecule has 2 aromatic rings. The van der Waals surface area contributed by atoms with Crippen LogP contribution in [-0.4, -0.2) is 11.8 Å². The largest absolute Gasteiger partial charge is 0.346 e. The lowest BCUT2D eigenvalue weighted by Gasteiger charge is -2.31. The molecule has 0 bridgehead atoms. The summed E-state index contributed by atoms with van der Waals surface area (Å²) < 4.78 is 57.1. The van der Waals surface area contributed by atoms with Crippen LogP contribution in [0, 0.1) is 11.8 Å². The average Bonchev–Trinajstić information content (AvgIpc) is 2.73. The minimum absolute atomic E-state index is 0.0688. The summed E-state index contributed by atoms with van der Waals surface area (Å²) in [5.41, 5.74) is 2.38. The second kappa shape index (κ2) is 8.92. The molecule has 156 valence electrons. The summed E-state index contributed by atoms with van der Waals surface area (Å²) in [6, 6.07) is 15.4. The first kappa shape index (κ1) is 21.9. The molecule has 0 saturated carbocycles. The number of benzene rings is 2. The molecule has 1 aliphatic carbocycles. The van der Waals surface area contributed by atoms with E-state index in [1.54, 1.807) is 19.1 Å². The van der Waals surface area contributed by atoms with Gasteiger partial charge in [0.05, 0.1) is 5.57 Å². The number of hydrogen-bond acceptors (Lipinski definition) is 0. The summed E-state index contributed by atoms with van der Waals surface area (Å²) in [4.78, 5) is 0. The van der Waals surface area contributed by atoms with Crippen LogP contribution in [0.5, 0.6) is 0 Å². The molecule has 0 radical (unpaired) electrons. The van der Waals surface area contributed by atoms with E-state index >= 15 is 0 Å². The van der Waals surface area contributed by atoms with Gasteiger partial charge in [-0.1, -0.05) is 81.0 Å². The van der Waals surface area contributed by atoms with E-state index in [2.05, 4.69) is 30.9 Å². The molecule has 0 fully saturated rings. The number of halogens is 4. The van der Waals surface area contributed by atoms with Gasteiger partial charge in [-0.25, -0.2) is 0 Å². The normalized spacial score (nSPS) is 16.9. The van der Waals surface area contributed by atoms with E-state index in [0.29, 0.717) is 12.0 Å². The highest BCUT2D eigenvalue weighted by atomic mass is 19.3. The monoisotopic (exact) mass is 412 g/mol. The van der Waals surface area contributed by atoms with Crippen LogP contribution in [0.3, 0.4) is 0 Å². The summed E-state index contributed by atoms with van der Waals surface area (Å²) in [7, 11) is 0. The van der Waals surface area contributed by atoms with Gasteiger partial charge < -0.3 is 0 Å². The van der Waals surface area contributed by atoms with Crippen LogP contribution in [0.2, 0.25) is 0 Å². The quantitative estimate of drug-likeness (QED) is 0.350. The standard InChI is InChI=1S/C26H24F4/c1-3-5-19-7-12-21(13-8-19)22-14-9-20(10-15-22)11-16-24-18-17-23(6-4-2)25(27,28)26(24,29)30/h7-10,12-15,17-18H,3-6H2,1-2H3. The first-order valence-corrected chi connectivity index (χ1v) is 10.2. The zero-order valence-corrected chi connectivity index (χ0v) is 17.1. The molecule has 0 heterocycles. The molecule has 0 nitrogen and oxygen atoms in total. The van der Waals surface area contributed by atoms with E-state index in [4.69, 9.17) is 0 Å². The molecule has 0 amide bonds. The molecule has 0 saturated heterocycles. The van der Waals surface area contributed by atoms with Crippen molar-refractivity contribution in [1.82, 2.24) is 0 Å². The van der Waals surface area contributed by atoms with Gasteiger partial charge in [-0.2, -0.15) is 17.6 Å². The first-order valence-electron chi connectivity index (χ1n) is 10.2. The van der Waals surface area contributed by atoms with Crippen molar-refractivity contribution in [3.05, 3.63) is 83.0 Å². The van der Waals surface area contributed by atoms with E-state index in [-0.39, 0.29) is 6.42 Å². The van der Waals surface area contributed by atoms with Crippen molar-refractivity contribution in [1.29, 1.82) is 0 Å². The molecule has 30 heavy (non-hydrogen) atoms. The van der Waals surface area contributed by atoms with Gasteiger partial charge in [-0.3, -0.25) is 0 Å². The molecule has 3 rings (SSSR count). The predicted molar refractivity (Wildman–Crippen MR) is 114 cm³/mol. The Kier molecular flexibility index (Phi) is 6.51. The minimum Gasteiger partial charge on any atom is -0.194 e.